The van der Waals surface area contributed by atoms with Crippen LogP contribution in [-0.2, 0) is 25.8 Å². The van der Waals surface area contributed by atoms with E-state index in [1.54, 1.807) is 13.8 Å². The highest BCUT2D eigenvalue weighted by Crippen LogP contribution is 2.28. The molecule has 0 saturated carbocycles. The van der Waals surface area contributed by atoms with Gasteiger partial charge in [0.15, 0.2) is 9.84 Å². The molecule has 4 heteroatoms. The van der Waals surface area contributed by atoms with Crippen LogP contribution in [0.3, 0.4) is 0 Å². The molecule has 0 spiro atoms. The van der Waals surface area contributed by atoms with E-state index in [0.29, 0.717) is 12.8 Å². The summed E-state index contributed by atoms with van der Waals surface area (Å²) in [7, 11) is -3.14. The second kappa shape index (κ2) is 5.00. The van der Waals surface area contributed by atoms with Crippen molar-refractivity contribution in [2.24, 2.45) is 0 Å². The summed E-state index contributed by atoms with van der Waals surface area (Å²) < 4.78 is 22.4. The normalized spacial score (nSPS) is 12.4. The minimum Gasteiger partial charge on any atom is -0.303 e. The standard InChI is InChI=1S/C13H18O3S/c1-13(2,17(3,15)16)12-8-6-11(7-9-12)5-4-10-14/h6-10H,4-5H2,1-3H3. The van der Waals surface area contributed by atoms with E-state index in [2.05, 4.69) is 0 Å². The fraction of sp³-hybridized carbons (Fsp3) is 0.462. The molecule has 0 bridgehead atoms. The zero-order chi connectivity index (χ0) is 13.1. The summed E-state index contributed by atoms with van der Waals surface area (Å²) in [6.07, 6.45) is 3.32. The molecular weight excluding hydrogens is 236 g/mol. The van der Waals surface area contributed by atoms with Crippen LogP contribution in [0.5, 0.6) is 0 Å². The van der Waals surface area contributed by atoms with Gasteiger partial charge in [0.05, 0.1) is 4.75 Å². The van der Waals surface area contributed by atoms with E-state index in [1.807, 2.05) is 24.3 Å². The zero-order valence-electron chi connectivity index (χ0n) is 10.4. The molecule has 0 aliphatic carbocycles. The molecule has 0 N–H and O–H groups in total. The van der Waals surface area contributed by atoms with Crippen LogP contribution in [0.2, 0.25) is 0 Å². The van der Waals surface area contributed by atoms with E-state index in [0.717, 1.165) is 17.4 Å². The van der Waals surface area contributed by atoms with Crippen molar-refractivity contribution in [3.8, 4) is 0 Å². The summed E-state index contributed by atoms with van der Waals surface area (Å²) >= 11 is 0. The van der Waals surface area contributed by atoms with Gasteiger partial charge in [-0.3, -0.25) is 0 Å². The van der Waals surface area contributed by atoms with Gasteiger partial charge < -0.3 is 4.79 Å². The minimum absolute atomic E-state index is 0.495. The van der Waals surface area contributed by atoms with Crippen LogP contribution in [0.15, 0.2) is 24.3 Å². The monoisotopic (exact) mass is 254 g/mol. The van der Waals surface area contributed by atoms with E-state index in [9.17, 15) is 13.2 Å². The molecule has 0 aliphatic heterocycles. The number of sulfone groups is 1. The molecule has 1 aromatic rings. The Morgan fingerprint density at radius 3 is 2.12 bits per heavy atom. The van der Waals surface area contributed by atoms with Crippen molar-refractivity contribution in [2.45, 2.75) is 31.4 Å². The number of carbonyl (C=O) groups is 1. The van der Waals surface area contributed by atoms with Crippen LogP contribution < -0.4 is 0 Å². The Labute approximate surface area is 103 Å². The van der Waals surface area contributed by atoms with E-state index in [4.69, 9.17) is 0 Å². The molecule has 0 aromatic heterocycles. The first-order valence-electron chi connectivity index (χ1n) is 5.51. The topological polar surface area (TPSA) is 51.2 Å². The van der Waals surface area contributed by atoms with Gasteiger partial charge in [-0.25, -0.2) is 8.42 Å². The van der Waals surface area contributed by atoms with Crippen molar-refractivity contribution in [3.05, 3.63) is 35.4 Å². The highest BCUT2D eigenvalue weighted by atomic mass is 32.2. The number of carbonyl (C=O) groups excluding carboxylic acids is 1. The number of aryl methyl sites for hydroxylation is 1. The maximum Gasteiger partial charge on any atom is 0.156 e. The second-order valence-corrected chi connectivity index (χ2v) is 7.25. The Hall–Kier alpha value is -1.16. The molecule has 0 heterocycles. The highest BCUT2D eigenvalue weighted by molar-refractivity contribution is 7.91. The van der Waals surface area contributed by atoms with Crippen LogP contribution in [0.25, 0.3) is 0 Å². The van der Waals surface area contributed by atoms with Crippen molar-refractivity contribution in [1.82, 2.24) is 0 Å². The third-order valence-electron chi connectivity index (χ3n) is 3.13. The summed E-state index contributed by atoms with van der Waals surface area (Å²) in [6, 6.07) is 7.40. The molecule has 3 nitrogen and oxygen atoms in total. The van der Waals surface area contributed by atoms with Gasteiger partial charge >= 0.3 is 0 Å². The first-order valence-corrected chi connectivity index (χ1v) is 7.41. The van der Waals surface area contributed by atoms with Gasteiger partial charge in [-0.2, -0.15) is 0 Å². The summed E-state index contributed by atoms with van der Waals surface area (Å²) in [4.78, 5) is 10.3. The number of rotatable bonds is 5. The summed E-state index contributed by atoms with van der Waals surface area (Å²) in [6.45, 7) is 3.39. The van der Waals surface area contributed by atoms with Crippen LogP contribution >= 0.6 is 0 Å². The molecule has 0 unspecified atom stereocenters. The number of aldehydes is 1. The van der Waals surface area contributed by atoms with Crippen LogP contribution in [-0.4, -0.2) is 21.0 Å². The molecule has 0 atom stereocenters. The number of hydrogen-bond donors (Lipinski definition) is 0. The molecule has 1 rings (SSSR count). The minimum atomic E-state index is -3.14. The van der Waals surface area contributed by atoms with Crippen molar-refractivity contribution >= 4 is 16.1 Å². The maximum atomic E-state index is 11.7. The maximum absolute atomic E-state index is 11.7. The molecule has 0 amide bonds. The third-order valence-corrected chi connectivity index (χ3v) is 5.22. The predicted molar refractivity (Wildman–Crippen MR) is 68.7 cm³/mol. The molecule has 1 aromatic carbocycles. The van der Waals surface area contributed by atoms with Crippen molar-refractivity contribution in [1.29, 1.82) is 0 Å². The molecule has 0 saturated heterocycles. The van der Waals surface area contributed by atoms with Gasteiger partial charge in [0, 0.05) is 12.7 Å². The van der Waals surface area contributed by atoms with E-state index >= 15 is 0 Å². The van der Waals surface area contributed by atoms with Gasteiger partial charge in [0.1, 0.15) is 6.29 Å². The van der Waals surface area contributed by atoms with Gasteiger partial charge in [0.25, 0.3) is 0 Å². The molecule has 17 heavy (non-hydrogen) atoms. The lowest BCUT2D eigenvalue weighted by atomic mass is 9.99. The Morgan fingerprint density at radius 1 is 1.18 bits per heavy atom. The van der Waals surface area contributed by atoms with Crippen molar-refractivity contribution in [3.63, 3.8) is 0 Å². The smallest absolute Gasteiger partial charge is 0.156 e. The van der Waals surface area contributed by atoms with Gasteiger partial charge in [0.2, 0.25) is 0 Å². The predicted octanol–water partition coefficient (Wildman–Crippen LogP) is 2.10. The Kier molecular flexibility index (Phi) is 4.09. The average molecular weight is 254 g/mol. The lowest BCUT2D eigenvalue weighted by Crippen LogP contribution is -2.27. The number of hydrogen-bond acceptors (Lipinski definition) is 3. The van der Waals surface area contributed by atoms with Gasteiger partial charge in [-0.1, -0.05) is 24.3 Å². The summed E-state index contributed by atoms with van der Waals surface area (Å²) in [5.74, 6) is 0. The first-order chi connectivity index (χ1) is 7.79. The quantitative estimate of drug-likeness (QED) is 0.756. The lowest BCUT2D eigenvalue weighted by Gasteiger charge is -2.23. The van der Waals surface area contributed by atoms with Crippen molar-refractivity contribution in [2.75, 3.05) is 6.26 Å². The Morgan fingerprint density at radius 2 is 1.71 bits per heavy atom. The summed E-state index contributed by atoms with van der Waals surface area (Å²) in [5, 5.41) is 0. The third kappa shape index (κ3) is 3.16. The SMILES string of the molecule is CC(C)(c1ccc(CCC=O)cc1)S(C)(=O)=O. The second-order valence-electron chi connectivity index (χ2n) is 4.68. The molecule has 0 aliphatic rings. The van der Waals surface area contributed by atoms with Crippen molar-refractivity contribution < 1.29 is 13.2 Å². The molecular formula is C13H18O3S. The molecule has 94 valence electrons. The van der Waals surface area contributed by atoms with Crippen LogP contribution in [0.4, 0.5) is 0 Å². The average Bonchev–Trinajstić information content (AvgIpc) is 2.25. The number of benzene rings is 1. The van der Waals surface area contributed by atoms with E-state index in [-0.39, 0.29) is 0 Å². The first kappa shape index (κ1) is 13.9. The summed E-state index contributed by atoms with van der Waals surface area (Å²) in [5.41, 5.74) is 1.82. The van der Waals surface area contributed by atoms with Crippen LogP contribution in [0.1, 0.15) is 31.4 Å². The molecule has 0 radical (unpaired) electrons. The van der Waals surface area contributed by atoms with Gasteiger partial charge in [-0.15, -0.1) is 0 Å². The fourth-order valence-corrected chi connectivity index (χ4v) is 2.08. The molecule has 0 fully saturated rings. The fourth-order valence-electron chi connectivity index (χ4n) is 1.51. The lowest BCUT2D eigenvalue weighted by molar-refractivity contribution is -0.107. The van der Waals surface area contributed by atoms with E-state index in [1.165, 1.54) is 6.26 Å². The Balaban J connectivity index is 2.99. The largest absolute Gasteiger partial charge is 0.303 e. The van der Waals surface area contributed by atoms with E-state index < -0.39 is 14.6 Å². The highest BCUT2D eigenvalue weighted by Gasteiger charge is 2.31. The van der Waals surface area contributed by atoms with Gasteiger partial charge in [-0.05, 0) is 31.4 Å². The van der Waals surface area contributed by atoms with Crippen LogP contribution in [0, 0.1) is 0 Å². The Bertz CT molecular complexity index is 484. The zero-order valence-corrected chi connectivity index (χ0v) is 11.3.